The number of hydrogen-bond acceptors (Lipinski definition) is 3. The molecule has 3 rings (SSSR count). The fourth-order valence-electron chi connectivity index (χ4n) is 3.54. The number of ether oxygens (including phenoxy) is 1. The number of hydrogen-bond donors (Lipinski definition) is 1. The number of rotatable bonds is 4. The fourth-order valence-corrected chi connectivity index (χ4v) is 3.54. The van der Waals surface area contributed by atoms with Crippen molar-refractivity contribution < 1.29 is 4.74 Å². The van der Waals surface area contributed by atoms with Crippen LogP contribution in [0.25, 0.3) is 0 Å². The smallest absolute Gasteiger partial charge is 0.119 e. The third-order valence-corrected chi connectivity index (χ3v) is 4.78. The maximum absolute atomic E-state index is 5.52. The minimum absolute atomic E-state index is 0.492. The summed E-state index contributed by atoms with van der Waals surface area (Å²) >= 11 is 0. The minimum atomic E-state index is 0.492. The van der Waals surface area contributed by atoms with Gasteiger partial charge in [-0.15, -0.1) is 0 Å². The molecule has 2 saturated heterocycles. The van der Waals surface area contributed by atoms with Crippen LogP contribution in [0.4, 0.5) is 0 Å². The van der Waals surface area contributed by atoms with Gasteiger partial charge in [-0.05, 0) is 50.8 Å². The second-order valence-electron chi connectivity index (χ2n) is 6.10. The van der Waals surface area contributed by atoms with E-state index >= 15 is 0 Å². The second kappa shape index (κ2) is 6.15. The van der Waals surface area contributed by atoms with Crippen LogP contribution in [0.5, 0.6) is 5.75 Å². The van der Waals surface area contributed by atoms with Crippen LogP contribution >= 0.6 is 0 Å². The first-order valence-corrected chi connectivity index (χ1v) is 7.99. The molecule has 3 heteroatoms. The van der Waals surface area contributed by atoms with E-state index < -0.39 is 0 Å². The summed E-state index contributed by atoms with van der Waals surface area (Å²) in [6.45, 7) is 7.48. The Kier molecular flexibility index (Phi) is 4.27. The van der Waals surface area contributed by atoms with Gasteiger partial charge in [0.15, 0.2) is 0 Å². The van der Waals surface area contributed by atoms with Crippen LogP contribution in [0.15, 0.2) is 24.3 Å². The topological polar surface area (TPSA) is 24.5 Å². The van der Waals surface area contributed by atoms with Crippen molar-refractivity contribution in [3.8, 4) is 5.75 Å². The van der Waals surface area contributed by atoms with Crippen molar-refractivity contribution >= 4 is 0 Å². The number of nitrogens with zero attached hydrogens (tertiary/aromatic N) is 1. The van der Waals surface area contributed by atoms with Crippen molar-refractivity contribution in [3.63, 3.8) is 0 Å². The Morgan fingerprint density at radius 2 is 1.95 bits per heavy atom. The van der Waals surface area contributed by atoms with Gasteiger partial charge in [0, 0.05) is 31.2 Å². The lowest BCUT2D eigenvalue weighted by Gasteiger charge is -2.30. The molecule has 3 nitrogen and oxygen atoms in total. The van der Waals surface area contributed by atoms with Crippen LogP contribution in [-0.2, 0) is 0 Å². The van der Waals surface area contributed by atoms with Crippen molar-refractivity contribution in [2.24, 2.45) is 0 Å². The van der Waals surface area contributed by atoms with Crippen molar-refractivity contribution in [1.29, 1.82) is 0 Å². The first kappa shape index (κ1) is 13.9. The highest BCUT2D eigenvalue weighted by Crippen LogP contribution is 2.28. The molecule has 2 bridgehead atoms. The predicted octanol–water partition coefficient (Wildman–Crippen LogP) is 2.97. The van der Waals surface area contributed by atoms with Crippen molar-refractivity contribution in [2.45, 2.75) is 51.2 Å². The Morgan fingerprint density at radius 1 is 1.20 bits per heavy atom. The van der Waals surface area contributed by atoms with Crippen LogP contribution in [-0.4, -0.2) is 36.7 Å². The molecule has 2 aliphatic rings. The highest BCUT2D eigenvalue weighted by molar-refractivity contribution is 5.29. The van der Waals surface area contributed by atoms with Crippen LogP contribution < -0.4 is 10.1 Å². The monoisotopic (exact) mass is 274 g/mol. The van der Waals surface area contributed by atoms with Crippen molar-refractivity contribution in [2.75, 3.05) is 19.7 Å². The summed E-state index contributed by atoms with van der Waals surface area (Å²) < 4.78 is 5.52. The third-order valence-electron chi connectivity index (χ3n) is 4.78. The largest absolute Gasteiger partial charge is 0.494 e. The van der Waals surface area contributed by atoms with E-state index in [1.165, 1.54) is 37.9 Å². The summed E-state index contributed by atoms with van der Waals surface area (Å²) in [5.41, 5.74) is 1.39. The molecule has 0 amide bonds. The van der Waals surface area contributed by atoms with Crippen LogP contribution in [0.2, 0.25) is 0 Å². The van der Waals surface area contributed by atoms with E-state index in [1.807, 2.05) is 6.92 Å². The molecule has 110 valence electrons. The maximum Gasteiger partial charge on any atom is 0.119 e. The van der Waals surface area contributed by atoms with Gasteiger partial charge in [-0.2, -0.15) is 0 Å². The van der Waals surface area contributed by atoms with Gasteiger partial charge >= 0.3 is 0 Å². The van der Waals surface area contributed by atoms with Crippen molar-refractivity contribution in [1.82, 2.24) is 10.2 Å². The third kappa shape index (κ3) is 2.99. The van der Waals surface area contributed by atoms with Gasteiger partial charge < -0.3 is 10.1 Å². The van der Waals surface area contributed by atoms with Gasteiger partial charge in [0.25, 0.3) is 0 Å². The summed E-state index contributed by atoms with van der Waals surface area (Å²) in [4.78, 5) is 2.63. The first-order chi connectivity index (χ1) is 9.76. The van der Waals surface area contributed by atoms with E-state index in [4.69, 9.17) is 4.74 Å². The lowest BCUT2D eigenvalue weighted by molar-refractivity contribution is 0.200. The van der Waals surface area contributed by atoms with Crippen LogP contribution in [0, 0.1) is 0 Å². The highest BCUT2D eigenvalue weighted by atomic mass is 16.5. The molecule has 3 unspecified atom stereocenters. The quantitative estimate of drug-likeness (QED) is 0.913. The summed E-state index contributed by atoms with van der Waals surface area (Å²) in [7, 11) is 0. The average Bonchev–Trinajstić information content (AvgIpc) is 2.79. The molecule has 0 saturated carbocycles. The molecule has 1 aromatic rings. The van der Waals surface area contributed by atoms with Gasteiger partial charge in [-0.1, -0.05) is 12.1 Å². The number of fused-ring (bicyclic) bond motifs is 2. The molecule has 0 aliphatic carbocycles. The van der Waals surface area contributed by atoms with E-state index in [0.717, 1.165) is 18.4 Å². The molecule has 2 fully saturated rings. The SMILES string of the molecule is CCOc1ccc(C(C)N2CCC3CCC(C2)N3)cc1. The zero-order valence-electron chi connectivity index (χ0n) is 12.6. The van der Waals surface area contributed by atoms with Gasteiger partial charge in [-0.3, -0.25) is 4.90 Å². The molecule has 0 spiro atoms. The van der Waals surface area contributed by atoms with Crippen LogP contribution in [0.3, 0.4) is 0 Å². The molecule has 0 radical (unpaired) electrons. The number of likely N-dealkylation sites (tertiary alicyclic amines) is 1. The maximum atomic E-state index is 5.52. The highest BCUT2D eigenvalue weighted by Gasteiger charge is 2.31. The minimum Gasteiger partial charge on any atom is -0.494 e. The zero-order chi connectivity index (χ0) is 13.9. The zero-order valence-corrected chi connectivity index (χ0v) is 12.6. The molecule has 2 heterocycles. The molecule has 3 atom stereocenters. The van der Waals surface area contributed by atoms with E-state index in [2.05, 4.69) is 41.4 Å². The Morgan fingerprint density at radius 3 is 2.70 bits per heavy atom. The molecular weight excluding hydrogens is 248 g/mol. The molecule has 1 aromatic carbocycles. The molecule has 20 heavy (non-hydrogen) atoms. The summed E-state index contributed by atoms with van der Waals surface area (Å²) in [5.74, 6) is 0.972. The van der Waals surface area contributed by atoms with Gasteiger partial charge in [0.05, 0.1) is 6.61 Å². The predicted molar refractivity (Wildman–Crippen MR) is 82.2 cm³/mol. The molecular formula is C17H26N2O. The Hall–Kier alpha value is -1.06. The normalized spacial score (nSPS) is 28.1. The summed E-state index contributed by atoms with van der Waals surface area (Å²) in [6.07, 6.45) is 4.00. The average molecular weight is 274 g/mol. The lowest BCUT2D eigenvalue weighted by atomic mass is 10.0. The van der Waals surface area contributed by atoms with Crippen molar-refractivity contribution in [3.05, 3.63) is 29.8 Å². The van der Waals surface area contributed by atoms with E-state index in [-0.39, 0.29) is 0 Å². The van der Waals surface area contributed by atoms with E-state index in [0.29, 0.717) is 12.1 Å². The van der Waals surface area contributed by atoms with E-state index in [1.54, 1.807) is 0 Å². The molecule has 0 aromatic heterocycles. The fraction of sp³-hybridized carbons (Fsp3) is 0.647. The standard InChI is InChI=1S/C17H26N2O/c1-3-20-17-8-4-14(5-9-17)13(2)19-11-10-15-6-7-16(12-19)18-15/h4-5,8-9,13,15-16,18H,3,6-7,10-12H2,1-2H3. The summed E-state index contributed by atoms with van der Waals surface area (Å²) in [5, 5.41) is 3.75. The Bertz CT molecular complexity index is 431. The number of benzene rings is 1. The van der Waals surface area contributed by atoms with Gasteiger partial charge in [-0.25, -0.2) is 0 Å². The summed E-state index contributed by atoms with van der Waals surface area (Å²) in [6, 6.07) is 10.6. The van der Waals surface area contributed by atoms with Gasteiger partial charge in [0.1, 0.15) is 5.75 Å². The molecule has 1 N–H and O–H groups in total. The lowest BCUT2D eigenvalue weighted by Crippen LogP contribution is -2.36. The van der Waals surface area contributed by atoms with E-state index in [9.17, 15) is 0 Å². The van der Waals surface area contributed by atoms with Crippen LogP contribution in [0.1, 0.15) is 44.7 Å². The Balaban J connectivity index is 1.66. The molecule has 2 aliphatic heterocycles. The first-order valence-electron chi connectivity index (χ1n) is 7.99. The van der Waals surface area contributed by atoms with Gasteiger partial charge in [0.2, 0.25) is 0 Å². The Labute approximate surface area is 122 Å². The second-order valence-corrected chi connectivity index (χ2v) is 6.10. The number of nitrogens with one attached hydrogen (secondary N) is 1.